The molecule has 0 radical (unpaired) electrons. The maximum atomic E-state index is 12.6. The van der Waals surface area contributed by atoms with Gasteiger partial charge in [0.1, 0.15) is 5.75 Å². The number of carboxylic acids is 2. The Kier molecular flexibility index (Phi) is 11.5. The van der Waals surface area contributed by atoms with E-state index in [4.69, 9.17) is 24.5 Å². The molecule has 0 bridgehead atoms. The fourth-order valence-electron chi connectivity index (χ4n) is 4.42. The van der Waals surface area contributed by atoms with E-state index < -0.39 is 24.3 Å². The highest BCUT2D eigenvalue weighted by atomic mass is 19.4. The third kappa shape index (κ3) is 10.6. The summed E-state index contributed by atoms with van der Waals surface area (Å²) in [4.78, 5) is 39.0. The van der Waals surface area contributed by atoms with Crippen molar-refractivity contribution in [2.45, 2.75) is 38.2 Å². The highest BCUT2D eigenvalue weighted by molar-refractivity contribution is 5.93. The number of amides is 1. The number of alkyl halides is 6. The van der Waals surface area contributed by atoms with Crippen LogP contribution in [0.3, 0.4) is 0 Å². The van der Waals surface area contributed by atoms with Gasteiger partial charge in [-0.2, -0.15) is 26.3 Å². The van der Waals surface area contributed by atoms with Gasteiger partial charge in [0.15, 0.2) is 0 Å². The van der Waals surface area contributed by atoms with Crippen molar-refractivity contribution in [3.63, 3.8) is 0 Å². The van der Waals surface area contributed by atoms with Crippen molar-refractivity contribution in [1.29, 1.82) is 0 Å². The lowest BCUT2D eigenvalue weighted by Gasteiger charge is -2.39. The number of carbonyl (C=O) groups is 3. The van der Waals surface area contributed by atoms with Crippen molar-refractivity contribution < 1.29 is 55.7 Å². The number of carbonyl (C=O) groups excluding carboxylic acids is 1. The van der Waals surface area contributed by atoms with Crippen molar-refractivity contribution in [1.82, 2.24) is 14.8 Å². The van der Waals surface area contributed by atoms with E-state index in [-0.39, 0.29) is 5.91 Å². The molecule has 0 unspecified atom stereocenters. The van der Waals surface area contributed by atoms with Crippen LogP contribution < -0.4 is 4.74 Å². The highest BCUT2D eigenvalue weighted by Gasteiger charge is 2.41. The molecule has 2 fully saturated rings. The Balaban J connectivity index is 0.000000349. The second-order valence-corrected chi connectivity index (χ2v) is 9.45. The Morgan fingerprint density at radius 3 is 1.85 bits per heavy atom. The second-order valence-electron chi connectivity index (χ2n) is 9.45. The standard InChI is InChI=1S/C22H27N3O2.2C2HF3O2/c1-27-20-6-4-18(5-7-20)16-24-12-8-22(17-24)9-13-25(14-10-22)21(26)19-3-2-11-23-15-19;2*3-2(4,5)1(6)7/h2-7,11,15H,8-10,12-14,16-17H2,1H3;2*(H,6,7). The van der Waals surface area contributed by atoms with Crippen molar-refractivity contribution in [2.24, 2.45) is 5.41 Å². The zero-order chi connectivity index (χ0) is 30.8. The van der Waals surface area contributed by atoms with Crippen LogP contribution in [0.1, 0.15) is 35.2 Å². The first kappa shape index (κ1) is 33.3. The van der Waals surface area contributed by atoms with E-state index in [1.165, 1.54) is 12.0 Å². The summed E-state index contributed by atoms with van der Waals surface area (Å²) >= 11 is 0. The van der Waals surface area contributed by atoms with Crippen LogP contribution in [-0.2, 0) is 16.1 Å². The van der Waals surface area contributed by atoms with Crippen LogP contribution in [0.4, 0.5) is 26.3 Å². The molecule has 0 saturated carbocycles. The number of rotatable bonds is 4. The van der Waals surface area contributed by atoms with Crippen LogP contribution in [0, 0.1) is 5.41 Å². The Morgan fingerprint density at radius 2 is 1.41 bits per heavy atom. The number of carboxylic acid groups (broad SMARTS) is 2. The summed E-state index contributed by atoms with van der Waals surface area (Å²) in [6.45, 7) is 4.97. The Hall–Kier alpha value is -3.88. The maximum Gasteiger partial charge on any atom is 0.490 e. The Bertz CT molecular complexity index is 1130. The molecule has 2 aliphatic rings. The zero-order valence-electron chi connectivity index (χ0n) is 21.9. The minimum Gasteiger partial charge on any atom is -0.497 e. The Labute approximate surface area is 231 Å². The molecule has 1 aromatic heterocycles. The van der Waals surface area contributed by atoms with Gasteiger partial charge >= 0.3 is 24.3 Å². The quantitative estimate of drug-likeness (QED) is 0.498. The van der Waals surface area contributed by atoms with E-state index in [0.717, 1.165) is 51.3 Å². The van der Waals surface area contributed by atoms with Crippen LogP contribution in [0.15, 0.2) is 48.8 Å². The first-order chi connectivity index (χ1) is 19.1. The van der Waals surface area contributed by atoms with Gasteiger partial charge in [0.2, 0.25) is 0 Å². The molecule has 1 aromatic carbocycles. The molecule has 3 heterocycles. The van der Waals surface area contributed by atoms with Gasteiger partial charge in [-0.15, -0.1) is 0 Å². The average Bonchev–Trinajstić information content (AvgIpc) is 3.30. The number of benzene rings is 1. The summed E-state index contributed by atoms with van der Waals surface area (Å²) in [5.74, 6) is -4.49. The second kappa shape index (κ2) is 14.1. The molecule has 1 amide bonds. The fourth-order valence-corrected chi connectivity index (χ4v) is 4.42. The number of hydrogen-bond donors (Lipinski definition) is 2. The minimum atomic E-state index is -5.08. The number of piperidine rings is 1. The van der Waals surface area contributed by atoms with Crippen molar-refractivity contribution in [3.05, 3.63) is 59.9 Å². The molecule has 15 heteroatoms. The van der Waals surface area contributed by atoms with Gasteiger partial charge in [0.05, 0.1) is 12.7 Å². The van der Waals surface area contributed by atoms with E-state index in [1.54, 1.807) is 19.5 Å². The normalized spacial score (nSPS) is 16.6. The van der Waals surface area contributed by atoms with Crippen molar-refractivity contribution in [2.75, 3.05) is 33.3 Å². The molecule has 2 N–H and O–H groups in total. The number of aliphatic carboxylic acids is 2. The number of nitrogens with zero attached hydrogens (tertiary/aromatic N) is 3. The number of halogens is 6. The molecular formula is C26H29F6N3O6. The first-order valence-corrected chi connectivity index (χ1v) is 12.2. The van der Waals surface area contributed by atoms with Gasteiger partial charge in [0, 0.05) is 38.6 Å². The summed E-state index contributed by atoms with van der Waals surface area (Å²) in [6.07, 6.45) is -3.37. The van der Waals surface area contributed by atoms with Gasteiger partial charge in [-0.1, -0.05) is 12.1 Å². The van der Waals surface area contributed by atoms with Gasteiger partial charge in [0.25, 0.3) is 5.91 Å². The number of hydrogen-bond acceptors (Lipinski definition) is 6. The summed E-state index contributed by atoms with van der Waals surface area (Å²) in [5.41, 5.74) is 2.40. The summed E-state index contributed by atoms with van der Waals surface area (Å²) in [7, 11) is 1.70. The first-order valence-electron chi connectivity index (χ1n) is 12.2. The molecular weight excluding hydrogens is 564 g/mol. The van der Waals surface area contributed by atoms with Gasteiger partial charge in [-0.05, 0) is 61.1 Å². The minimum absolute atomic E-state index is 0.117. The van der Waals surface area contributed by atoms with Gasteiger partial charge < -0.3 is 19.8 Å². The van der Waals surface area contributed by atoms with Crippen LogP contribution in [0.2, 0.25) is 0 Å². The van der Waals surface area contributed by atoms with E-state index in [0.29, 0.717) is 11.0 Å². The van der Waals surface area contributed by atoms with E-state index in [2.05, 4.69) is 22.0 Å². The number of ether oxygens (including phenoxy) is 1. The van der Waals surface area contributed by atoms with Crippen LogP contribution in [-0.4, -0.2) is 88.5 Å². The molecule has 0 aliphatic carbocycles. The molecule has 1 spiro atoms. The topological polar surface area (TPSA) is 120 Å². The summed E-state index contributed by atoms with van der Waals surface area (Å²) < 4.78 is 68.7. The van der Waals surface area contributed by atoms with Crippen LogP contribution in [0.5, 0.6) is 5.75 Å². The molecule has 41 heavy (non-hydrogen) atoms. The Morgan fingerprint density at radius 1 is 0.902 bits per heavy atom. The molecule has 0 atom stereocenters. The summed E-state index contributed by atoms with van der Waals surface area (Å²) in [6, 6.07) is 12.0. The zero-order valence-corrected chi connectivity index (χ0v) is 21.9. The molecule has 9 nitrogen and oxygen atoms in total. The smallest absolute Gasteiger partial charge is 0.490 e. The number of pyridine rings is 1. The molecule has 2 aromatic rings. The molecule has 2 saturated heterocycles. The predicted molar refractivity (Wildman–Crippen MR) is 132 cm³/mol. The fraction of sp³-hybridized carbons (Fsp3) is 0.462. The van der Waals surface area contributed by atoms with Crippen LogP contribution in [0.25, 0.3) is 0 Å². The molecule has 226 valence electrons. The predicted octanol–water partition coefficient (Wildman–Crippen LogP) is 4.49. The molecule has 2 aliphatic heterocycles. The van der Waals surface area contributed by atoms with E-state index in [1.807, 2.05) is 29.2 Å². The highest BCUT2D eigenvalue weighted by Crippen LogP contribution is 2.41. The molecule has 4 rings (SSSR count). The van der Waals surface area contributed by atoms with Crippen molar-refractivity contribution in [3.8, 4) is 5.75 Å². The van der Waals surface area contributed by atoms with E-state index >= 15 is 0 Å². The van der Waals surface area contributed by atoms with Crippen LogP contribution >= 0.6 is 0 Å². The van der Waals surface area contributed by atoms with Gasteiger partial charge in [-0.25, -0.2) is 9.59 Å². The maximum absolute atomic E-state index is 12.6. The lowest BCUT2D eigenvalue weighted by atomic mass is 9.77. The lowest BCUT2D eigenvalue weighted by molar-refractivity contribution is -0.193. The lowest BCUT2D eigenvalue weighted by Crippen LogP contribution is -2.44. The number of aromatic nitrogens is 1. The third-order valence-electron chi connectivity index (χ3n) is 6.59. The number of methoxy groups -OCH3 is 1. The number of likely N-dealkylation sites (tertiary alicyclic amines) is 2. The average molecular weight is 594 g/mol. The largest absolute Gasteiger partial charge is 0.497 e. The SMILES string of the molecule is COc1ccc(CN2CCC3(CCN(C(=O)c4cccnc4)CC3)C2)cc1.O=C(O)C(F)(F)F.O=C(O)C(F)(F)F. The summed E-state index contributed by atoms with van der Waals surface area (Å²) in [5, 5.41) is 14.2. The van der Waals surface area contributed by atoms with Gasteiger partial charge in [-0.3, -0.25) is 14.7 Å². The third-order valence-corrected chi connectivity index (χ3v) is 6.59. The monoisotopic (exact) mass is 593 g/mol. The van der Waals surface area contributed by atoms with E-state index in [9.17, 15) is 31.1 Å². The van der Waals surface area contributed by atoms with Crippen molar-refractivity contribution >= 4 is 17.8 Å².